The second-order valence-corrected chi connectivity index (χ2v) is 5.46. The van der Waals surface area contributed by atoms with Gasteiger partial charge in [0.15, 0.2) is 10.7 Å². The first-order valence-electron chi connectivity index (χ1n) is 6.73. The molecule has 2 heterocycles. The number of benzene rings is 1. The zero-order chi connectivity index (χ0) is 17.1. The van der Waals surface area contributed by atoms with Crippen LogP contribution in [0.15, 0.2) is 40.4 Å². The van der Waals surface area contributed by atoms with E-state index in [9.17, 15) is 14.7 Å². The van der Waals surface area contributed by atoms with Crippen LogP contribution < -0.4 is 10.9 Å². The number of H-pyrrole nitrogens is 2. The number of aromatic hydroxyl groups is 1. The molecule has 3 rings (SSSR count). The number of rotatable bonds is 4. The van der Waals surface area contributed by atoms with E-state index in [2.05, 4.69) is 30.7 Å². The van der Waals surface area contributed by atoms with Gasteiger partial charge in [-0.05, 0) is 18.4 Å². The number of hydrogen-bond acceptors (Lipinski definition) is 7. The summed E-state index contributed by atoms with van der Waals surface area (Å²) in [5.41, 5.74) is 0.796. The highest BCUT2D eigenvalue weighted by Crippen LogP contribution is 2.20. The Kier molecular flexibility index (Phi) is 4.29. The van der Waals surface area contributed by atoms with Crippen molar-refractivity contribution in [2.24, 2.45) is 0 Å². The Bertz CT molecular complexity index is 921. The number of nitrogens with one attached hydrogen (secondary N) is 3. The summed E-state index contributed by atoms with van der Waals surface area (Å²) in [7, 11) is 0. The molecule has 1 aromatic carbocycles. The van der Waals surface area contributed by atoms with Gasteiger partial charge in [-0.2, -0.15) is 20.4 Å². The van der Waals surface area contributed by atoms with E-state index >= 15 is 0 Å². The van der Waals surface area contributed by atoms with Gasteiger partial charge in [0.1, 0.15) is 5.69 Å². The van der Waals surface area contributed by atoms with Crippen molar-refractivity contribution in [3.63, 3.8) is 0 Å². The van der Waals surface area contributed by atoms with Crippen molar-refractivity contribution in [3.8, 4) is 17.1 Å². The van der Waals surface area contributed by atoms with Gasteiger partial charge >= 0.3 is 0 Å². The Balaban J connectivity index is 1.81. The number of nitrogens with zero attached hydrogens (tertiary/aromatic N) is 3. The molecule has 0 bridgehead atoms. The Morgan fingerprint density at radius 2 is 2.04 bits per heavy atom. The lowest BCUT2D eigenvalue weighted by Gasteiger charge is -2.07. The van der Waals surface area contributed by atoms with Gasteiger partial charge in [0.05, 0.1) is 6.20 Å². The molecular formula is C14H12N6O3S. The summed E-state index contributed by atoms with van der Waals surface area (Å²) >= 11 is 1.15. The Morgan fingerprint density at radius 1 is 1.29 bits per heavy atom. The van der Waals surface area contributed by atoms with Gasteiger partial charge in [0, 0.05) is 11.3 Å². The minimum atomic E-state index is -0.747. The molecule has 0 aliphatic rings. The second kappa shape index (κ2) is 6.54. The van der Waals surface area contributed by atoms with E-state index in [1.54, 1.807) is 36.7 Å². The third-order valence-electron chi connectivity index (χ3n) is 3.15. The van der Waals surface area contributed by atoms with Gasteiger partial charge in [-0.15, -0.1) is 0 Å². The minimum Gasteiger partial charge on any atom is -0.493 e. The highest BCUT2D eigenvalue weighted by molar-refractivity contribution is 7.98. The predicted molar refractivity (Wildman–Crippen MR) is 88.1 cm³/mol. The van der Waals surface area contributed by atoms with Crippen LogP contribution in [0.2, 0.25) is 0 Å². The lowest BCUT2D eigenvalue weighted by Crippen LogP contribution is -2.24. The average molecular weight is 344 g/mol. The third kappa shape index (κ3) is 3.13. The van der Waals surface area contributed by atoms with Gasteiger partial charge < -0.3 is 15.4 Å². The van der Waals surface area contributed by atoms with Crippen molar-refractivity contribution in [1.29, 1.82) is 0 Å². The highest BCUT2D eigenvalue weighted by Gasteiger charge is 2.19. The predicted octanol–water partition coefficient (Wildman–Crippen LogP) is 1.23. The molecule has 0 unspecified atom stereocenters. The molecule has 0 spiro atoms. The first kappa shape index (κ1) is 15.7. The molecular weight excluding hydrogens is 332 g/mol. The molecule has 0 saturated heterocycles. The lowest BCUT2D eigenvalue weighted by molar-refractivity contribution is 0.102. The molecule has 0 aliphatic heterocycles. The van der Waals surface area contributed by atoms with Gasteiger partial charge in [-0.1, -0.05) is 23.9 Å². The van der Waals surface area contributed by atoms with Crippen molar-refractivity contribution >= 4 is 23.4 Å². The fourth-order valence-electron chi connectivity index (χ4n) is 2.00. The van der Waals surface area contributed by atoms with E-state index in [4.69, 9.17) is 0 Å². The number of carbonyl (C=O) groups is 1. The molecule has 10 heteroatoms. The van der Waals surface area contributed by atoms with Crippen LogP contribution in [0.25, 0.3) is 11.3 Å². The number of aromatic nitrogens is 5. The molecule has 0 radical (unpaired) electrons. The first-order chi connectivity index (χ1) is 11.6. The van der Waals surface area contributed by atoms with E-state index < -0.39 is 22.9 Å². The Labute approximate surface area is 139 Å². The van der Waals surface area contributed by atoms with Gasteiger partial charge in [0.25, 0.3) is 11.5 Å². The molecule has 0 saturated carbocycles. The maximum absolute atomic E-state index is 12.2. The summed E-state index contributed by atoms with van der Waals surface area (Å²) in [5, 5.41) is 22.8. The number of aromatic amines is 2. The SMILES string of the molecule is CSc1nc(O)c(C(=O)Nc2ccc(-c3cn[nH]n3)cc2)c(=O)[nH]1. The Morgan fingerprint density at radius 3 is 2.62 bits per heavy atom. The average Bonchev–Trinajstić information content (AvgIpc) is 3.09. The summed E-state index contributed by atoms with van der Waals surface area (Å²) in [6.45, 7) is 0. The molecule has 0 atom stereocenters. The lowest BCUT2D eigenvalue weighted by atomic mass is 10.1. The topological polar surface area (TPSA) is 137 Å². The molecule has 2 aromatic heterocycles. The first-order valence-corrected chi connectivity index (χ1v) is 7.96. The van der Waals surface area contributed by atoms with Gasteiger partial charge in [0.2, 0.25) is 5.88 Å². The van der Waals surface area contributed by atoms with E-state index in [1.807, 2.05) is 0 Å². The normalized spacial score (nSPS) is 10.5. The van der Waals surface area contributed by atoms with E-state index in [1.165, 1.54) is 0 Å². The van der Waals surface area contributed by atoms with Crippen molar-refractivity contribution in [3.05, 3.63) is 46.4 Å². The molecule has 9 nitrogen and oxygen atoms in total. The van der Waals surface area contributed by atoms with Crippen LogP contribution in [0, 0.1) is 0 Å². The molecule has 3 aromatic rings. The quantitative estimate of drug-likeness (QED) is 0.413. The van der Waals surface area contributed by atoms with Crippen molar-refractivity contribution in [1.82, 2.24) is 25.4 Å². The van der Waals surface area contributed by atoms with Crippen LogP contribution in [0.3, 0.4) is 0 Å². The van der Waals surface area contributed by atoms with Crippen LogP contribution in [0.5, 0.6) is 5.88 Å². The number of carbonyl (C=O) groups excluding carboxylic acids is 1. The standard InChI is InChI=1S/C14H12N6O3S/c1-24-14-17-12(22)10(13(23)18-14)11(21)16-8-4-2-7(3-5-8)9-6-15-20-19-9/h2-6H,1H3,(H,16,21)(H,15,19,20)(H2,17,18,22,23). The summed E-state index contributed by atoms with van der Waals surface area (Å²) < 4.78 is 0. The monoisotopic (exact) mass is 344 g/mol. The third-order valence-corrected chi connectivity index (χ3v) is 3.73. The van der Waals surface area contributed by atoms with Gasteiger partial charge in [-0.3, -0.25) is 9.59 Å². The van der Waals surface area contributed by atoms with Crippen molar-refractivity contribution < 1.29 is 9.90 Å². The van der Waals surface area contributed by atoms with Crippen LogP contribution >= 0.6 is 11.8 Å². The largest absolute Gasteiger partial charge is 0.493 e. The maximum Gasteiger partial charge on any atom is 0.268 e. The van der Waals surface area contributed by atoms with Crippen LogP contribution in [0.4, 0.5) is 5.69 Å². The molecule has 0 fully saturated rings. The maximum atomic E-state index is 12.2. The van der Waals surface area contributed by atoms with E-state index in [-0.39, 0.29) is 5.16 Å². The second-order valence-electron chi connectivity index (χ2n) is 4.66. The summed E-state index contributed by atoms with van der Waals surface area (Å²) in [4.78, 5) is 30.3. The molecule has 24 heavy (non-hydrogen) atoms. The molecule has 122 valence electrons. The number of hydrogen-bond donors (Lipinski definition) is 4. The number of thioether (sulfide) groups is 1. The highest BCUT2D eigenvalue weighted by atomic mass is 32.2. The van der Waals surface area contributed by atoms with E-state index in [0.29, 0.717) is 11.4 Å². The summed E-state index contributed by atoms with van der Waals surface area (Å²) in [6, 6.07) is 6.78. The number of amides is 1. The fraction of sp³-hybridized carbons (Fsp3) is 0.0714. The zero-order valence-electron chi connectivity index (χ0n) is 12.4. The van der Waals surface area contributed by atoms with Crippen LogP contribution in [-0.4, -0.2) is 42.6 Å². The smallest absolute Gasteiger partial charge is 0.268 e. The summed E-state index contributed by atoms with van der Waals surface area (Å²) in [5.74, 6) is -1.36. The van der Waals surface area contributed by atoms with Crippen molar-refractivity contribution in [2.45, 2.75) is 5.16 Å². The zero-order valence-corrected chi connectivity index (χ0v) is 13.2. The van der Waals surface area contributed by atoms with Crippen molar-refractivity contribution in [2.75, 3.05) is 11.6 Å². The molecule has 0 aliphatic carbocycles. The van der Waals surface area contributed by atoms with Crippen LogP contribution in [-0.2, 0) is 0 Å². The Hall–Kier alpha value is -3.14. The summed E-state index contributed by atoms with van der Waals surface area (Å²) in [6.07, 6.45) is 3.26. The molecule has 4 N–H and O–H groups in total. The minimum absolute atomic E-state index is 0.228. The number of anilines is 1. The van der Waals surface area contributed by atoms with Crippen LogP contribution in [0.1, 0.15) is 10.4 Å². The molecule has 1 amide bonds. The van der Waals surface area contributed by atoms with E-state index in [0.717, 1.165) is 17.3 Å². The van der Waals surface area contributed by atoms with Gasteiger partial charge in [-0.25, -0.2) is 0 Å². The fourth-order valence-corrected chi connectivity index (χ4v) is 2.37.